The summed E-state index contributed by atoms with van der Waals surface area (Å²) in [7, 11) is 0. The Morgan fingerprint density at radius 1 is 0.562 bits per heavy atom. The highest BCUT2D eigenvalue weighted by molar-refractivity contribution is 5.86. The van der Waals surface area contributed by atoms with Crippen molar-refractivity contribution in [2.45, 2.75) is 75.0 Å². The van der Waals surface area contributed by atoms with Gasteiger partial charge in [-0.25, -0.2) is 25.5 Å². The number of nitrogens with one attached hydrogen (secondary N) is 3. The molecule has 0 unspecified atom stereocenters. The molecule has 0 bridgehead atoms. The topological polar surface area (TPSA) is 547 Å². The number of aliphatic imine (C=N–C) groups is 2. The zero-order chi connectivity index (χ0) is 65.8. The molecule has 19 N–H and O–H groups in total. The van der Waals surface area contributed by atoms with Crippen LogP contribution in [0.2, 0.25) is 0 Å². The van der Waals surface area contributed by atoms with Crippen LogP contribution < -0.4 is 44.8 Å². The number of hydrogen-bond donors (Lipinski definition) is 14. The zero-order valence-electron chi connectivity index (χ0n) is 50.3. The van der Waals surface area contributed by atoms with Crippen molar-refractivity contribution in [1.82, 2.24) is 20.9 Å². The van der Waals surface area contributed by atoms with Crippen molar-refractivity contribution < 1.29 is 126 Å². The van der Waals surface area contributed by atoms with Gasteiger partial charge in [0.2, 0.25) is 35.1 Å². The van der Waals surface area contributed by atoms with Gasteiger partial charge in [-0.3, -0.25) is 19.2 Å². The van der Waals surface area contributed by atoms with Gasteiger partial charge in [-0.1, -0.05) is 6.92 Å². The van der Waals surface area contributed by atoms with Crippen LogP contribution in [0.15, 0.2) is 33.7 Å². The minimum atomic E-state index is -1.75. The SMILES string of the molecule is CC(=O)N[C@H]1[C@H]([C@H](OCC(=O)NCCOCCN(CCOCCNC(=O)CO[C@@H]([C@@H]2OC(C(=O)O)=C[C@H](N=C(N)N)[C@H]2C)[C@H](O)CO)C(=O)CCOCCOCCOCCOCCOCCOCCOCCON)[C@H](O)CO)OC(C(=O)O)=C[C@@H]1N=C(N)N. The number of hydrogen-bond acceptors (Lipinski definition) is 27. The van der Waals surface area contributed by atoms with Crippen LogP contribution in [0.25, 0.3) is 0 Å². The lowest BCUT2D eigenvalue weighted by Crippen LogP contribution is -2.60. The van der Waals surface area contributed by atoms with E-state index >= 15 is 0 Å². The van der Waals surface area contributed by atoms with E-state index in [1.54, 1.807) is 6.92 Å². The molecule has 0 fully saturated rings. The molecule has 0 aromatic rings. The number of aliphatic hydroxyl groups is 4. The fourth-order valence-corrected chi connectivity index (χ4v) is 8.20. The molecule has 0 aromatic carbocycles. The normalized spacial score (nSPS) is 19.4. The Labute approximate surface area is 514 Å². The van der Waals surface area contributed by atoms with E-state index in [1.807, 2.05) is 0 Å². The van der Waals surface area contributed by atoms with Gasteiger partial charge in [0.25, 0.3) is 0 Å². The number of carboxylic acid groups (broad SMARTS) is 2. The number of guanidine groups is 2. The minimum Gasteiger partial charge on any atom is -0.480 e. The van der Waals surface area contributed by atoms with Crippen molar-refractivity contribution in [3.8, 4) is 0 Å². The highest BCUT2D eigenvalue weighted by Crippen LogP contribution is 2.31. The predicted octanol–water partition coefficient (Wildman–Crippen LogP) is -7.89. The van der Waals surface area contributed by atoms with Gasteiger partial charge in [-0.05, 0) is 12.2 Å². The van der Waals surface area contributed by atoms with Crippen molar-refractivity contribution in [3.05, 3.63) is 23.7 Å². The summed E-state index contributed by atoms with van der Waals surface area (Å²) >= 11 is 0. The molecule has 2 heterocycles. The molecule has 4 amide bonds. The first kappa shape index (κ1) is 78.9. The van der Waals surface area contributed by atoms with E-state index < -0.39 is 134 Å². The Balaban J connectivity index is 1.88. The highest BCUT2D eigenvalue weighted by atomic mass is 16.6. The fraction of sp³-hybridized carbons (Fsp3) is 0.769. The van der Waals surface area contributed by atoms with E-state index in [4.69, 9.17) is 90.4 Å². The van der Waals surface area contributed by atoms with Gasteiger partial charge in [-0.2, -0.15) is 0 Å². The molecular weight excluding hydrogens is 1190 g/mol. The summed E-state index contributed by atoms with van der Waals surface area (Å²) in [5.74, 6) is -3.05. The maximum atomic E-state index is 13.4. The van der Waals surface area contributed by atoms with Crippen molar-refractivity contribution in [1.29, 1.82) is 0 Å². The molecule has 10 atom stereocenters. The van der Waals surface area contributed by atoms with Crippen molar-refractivity contribution in [3.63, 3.8) is 0 Å². The van der Waals surface area contributed by atoms with E-state index in [-0.39, 0.29) is 90.7 Å². The maximum Gasteiger partial charge on any atom is 0.370 e. The van der Waals surface area contributed by atoms with Crippen LogP contribution >= 0.6 is 0 Å². The van der Waals surface area contributed by atoms with E-state index in [2.05, 4.69) is 30.8 Å². The lowest BCUT2D eigenvalue weighted by Gasteiger charge is -2.40. The van der Waals surface area contributed by atoms with Crippen LogP contribution in [0.3, 0.4) is 0 Å². The number of aliphatic hydroxyl groups excluding tert-OH is 4. The molecule has 0 saturated heterocycles. The standard InChI is InChI=1S/C52H93N11O26/c1-33-35(61-51(53)54)27-39(49(72)73)88-45(33)46(37(67)29-64)85-31-41(69)58-4-9-77-11-6-63(43(71)3-8-76-13-14-79-15-16-80-17-18-81-19-20-82-21-22-83-23-24-84-25-26-87-57)7-12-78-10-5-59-42(70)32-86-47(38(68)30-65)48-44(60-34(2)66)36(62-52(55)56)28-40(89-48)50(74)75/h27-28,33,35-38,44-48,64-65,67-68H,3-26,29-32,57H2,1-2H3,(H,58,69)(H,59,70)(H,60,66)(H,72,73)(H,74,75)(H4,53,54,61)(H4,55,56,62)/t33-,35+,36+,37-,38-,44-,45-,46-,47-,48-/m1/s1. The van der Waals surface area contributed by atoms with Gasteiger partial charge in [0, 0.05) is 39.0 Å². The van der Waals surface area contributed by atoms with Gasteiger partial charge in [0.05, 0.1) is 163 Å². The Morgan fingerprint density at radius 3 is 1.33 bits per heavy atom. The first-order valence-electron chi connectivity index (χ1n) is 28.6. The van der Waals surface area contributed by atoms with Crippen molar-refractivity contribution in [2.24, 2.45) is 44.7 Å². The molecule has 0 spiro atoms. The number of nitrogens with two attached hydrogens (primary N) is 5. The van der Waals surface area contributed by atoms with Crippen LogP contribution in [-0.2, 0) is 95.2 Å². The number of carboxylic acids is 2. The summed E-state index contributed by atoms with van der Waals surface area (Å²) in [5.41, 5.74) is 22.2. The van der Waals surface area contributed by atoms with E-state index in [0.717, 1.165) is 13.0 Å². The van der Waals surface area contributed by atoms with Crippen LogP contribution in [0.5, 0.6) is 0 Å². The van der Waals surface area contributed by atoms with E-state index in [1.165, 1.54) is 11.0 Å². The Morgan fingerprint density at radius 2 is 0.933 bits per heavy atom. The summed E-state index contributed by atoms with van der Waals surface area (Å²) in [6, 6.07) is -3.35. The second-order valence-electron chi connectivity index (χ2n) is 19.3. The lowest BCUT2D eigenvalue weighted by atomic mass is 9.87. The second kappa shape index (κ2) is 47.7. The molecule has 2 aliphatic heterocycles. The largest absolute Gasteiger partial charge is 0.480 e. The van der Waals surface area contributed by atoms with Crippen LogP contribution in [-0.4, -0.2) is 316 Å². The zero-order valence-corrected chi connectivity index (χ0v) is 50.3. The number of carbonyl (C=O) groups excluding carboxylic acids is 4. The summed E-state index contributed by atoms with van der Waals surface area (Å²) in [4.78, 5) is 88.9. The van der Waals surface area contributed by atoms with Gasteiger partial charge >= 0.3 is 11.9 Å². The van der Waals surface area contributed by atoms with Gasteiger partial charge in [-0.15, -0.1) is 0 Å². The maximum absolute atomic E-state index is 13.4. The molecule has 0 saturated carbocycles. The number of carbonyl (C=O) groups is 6. The predicted molar refractivity (Wildman–Crippen MR) is 308 cm³/mol. The average molecular weight is 1290 g/mol. The monoisotopic (exact) mass is 1290 g/mol. The molecule has 0 radical (unpaired) electrons. The summed E-state index contributed by atoms with van der Waals surface area (Å²) in [6.45, 7) is 4.68. The first-order valence-corrected chi connectivity index (χ1v) is 28.6. The third-order valence-electron chi connectivity index (χ3n) is 12.5. The number of aliphatic carboxylic acids is 2. The van der Waals surface area contributed by atoms with Crippen molar-refractivity contribution in [2.75, 3.05) is 178 Å². The number of amides is 4. The molecular formula is C52H93N11O26. The van der Waals surface area contributed by atoms with Gasteiger partial charge in [0.15, 0.2) is 18.0 Å². The average Bonchev–Trinajstić information content (AvgIpc) is 1.12. The van der Waals surface area contributed by atoms with Gasteiger partial charge < -0.3 is 141 Å². The first-order chi connectivity index (χ1) is 42.7. The summed E-state index contributed by atoms with van der Waals surface area (Å²) in [5, 5.41) is 67.9. The lowest BCUT2D eigenvalue weighted by molar-refractivity contribution is -0.160. The van der Waals surface area contributed by atoms with Crippen LogP contribution in [0.4, 0.5) is 0 Å². The van der Waals surface area contributed by atoms with Crippen LogP contribution in [0, 0.1) is 5.92 Å². The molecule has 512 valence electrons. The Hall–Kier alpha value is -6.24. The summed E-state index contributed by atoms with van der Waals surface area (Å²) in [6.07, 6.45) is -6.89. The highest BCUT2D eigenvalue weighted by Gasteiger charge is 2.46. The fourth-order valence-electron chi connectivity index (χ4n) is 8.20. The molecule has 37 heteroatoms. The summed E-state index contributed by atoms with van der Waals surface area (Å²) < 4.78 is 72.1. The molecule has 0 aliphatic carbocycles. The Bertz CT molecular complexity index is 2160. The number of ether oxygens (including phenoxy) is 13. The number of rotatable bonds is 53. The van der Waals surface area contributed by atoms with E-state index in [0.29, 0.717) is 79.3 Å². The molecule has 2 aliphatic rings. The number of nitrogens with zero attached hydrogens (tertiary/aromatic N) is 3. The second-order valence-corrected chi connectivity index (χ2v) is 19.3. The van der Waals surface area contributed by atoms with Crippen LogP contribution in [0.1, 0.15) is 20.3 Å². The third kappa shape index (κ3) is 34.5. The third-order valence-corrected chi connectivity index (χ3v) is 12.5. The van der Waals surface area contributed by atoms with E-state index in [9.17, 15) is 59.4 Å². The molecule has 2 rings (SSSR count). The minimum absolute atomic E-state index is 0.00324. The Kier molecular flexibility index (Phi) is 42.2. The smallest absolute Gasteiger partial charge is 0.370 e. The van der Waals surface area contributed by atoms with Gasteiger partial charge in [0.1, 0.15) is 43.7 Å². The molecule has 89 heavy (non-hydrogen) atoms. The molecule has 0 aromatic heterocycles. The van der Waals surface area contributed by atoms with Crippen molar-refractivity contribution >= 4 is 47.5 Å². The quantitative estimate of drug-likeness (QED) is 0.0116. The molecule has 37 nitrogen and oxygen atoms in total.